The Morgan fingerprint density at radius 3 is 2.47 bits per heavy atom. The number of carbonyl (C=O) groups excluding carboxylic acids is 1. The number of benzene rings is 2. The number of fused-ring (bicyclic) bond motifs is 2. The van der Waals surface area contributed by atoms with Gasteiger partial charge in [-0.2, -0.15) is 0 Å². The predicted molar refractivity (Wildman–Crippen MR) is 134 cm³/mol. The van der Waals surface area contributed by atoms with E-state index in [0.717, 1.165) is 25.0 Å². The number of amides is 1. The average Bonchev–Trinajstić information content (AvgIpc) is 3.36. The van der Waals surface area contributed by atoms with E-state index in [4.69, 9.17) is 11.6 Å². The second-order valence-corrected chi connectivity index (χ2v) is 13.1. The highest BCUT2D eigenvalue weighted by atomic mass is 35.5. The van der Waals surface area contributed by atoms with Crippen LogP contribution in [0, 0.1) is 23.5 Å². The highest BCUT2D eigenvalue weighted by Crippen LogP contribution is 2.52. The lowest BCUT2D eigenvalue weighted by atomic mass is 9.76. The minimum absolute atomic E-state index is 0.00873. The average molecular weight is 553 g/mol. The van der Waals surface area contributed by atoms with Crippen molar-refractivity contribution in [1.82, 2.24) is 4.98 Å². The Bertz CT molecular complexity index is 1430. The first-order chi connectivity index (χ1) is 17.0. The van der Waals surface area contributed by atoms with Crippen molar-refractivity contribution in [3.63, 3.8) is 0 Å². The summed E-state index contributed by atoms with van der Waals surface area (Å²) < 4.78 is 54.5. The minimum Gasteiger partial charge on any atom is -0.390 e. The molecule has 11 heteroatoms. The van der Waals surface area contributed by atoms with Crippen molar-refractivity contribution in [3.05, 3.63) is 64.1 Å². The molecule has 0 spiro atoms. The van der Waals surface area contributed by atoms with Crippen molar-refractivity contribution >= 4 is 44.4 Å². The maximum atomic E-state index is 13.7. The summed E-state index contributed by atoms with van der Waals surface area (Å²) in [5.74, 6) is -3.15. The normalized spacial score (nSPS) is 25.6. The van der Waals surface area contributed by atoms with Crippen LogP contribution in [0.5, 0.6) is 0 Å². The fraction of sp³-hybridized carbons (Fsp3) is 0.360. The summed E-state index contributed by atoms with van der Waals surface area (Å²) in [6.07, 6.45) is 3.70. The predicted octanol–water partition coefficient (Wildman–Crippen LogP) is 5.71. The van der Waals surface area contributed by atoms with Gasteiger partial charge in [0, 0.05) is 28.9 Å². The second kappa shape index (κ2) is 9.16. The number of halogens is 3. The quantitative estimate of drug-likeness (QED) is 0.423. The van der Waals surface area contributed by atoms with Crippen LogP contribution in [0.15, 0.2) is 46.8 Å². The molecule has 0 saturated heterocycles. The first-order valence-electron chi connectivity index (χ1n) is 11.4. The number of hydrogen-bond donors (Lipinski definition) is 2. The molecule has 2 N–H and O–H groups in total. The molecule has 4 atom stereocenters. The van der Waals surface area contributed by atoms with E-state index in [9.17, 15) is 27.1 Å². The molecule has 2 bridgehead atoms. The topological polar surface area (TPSA) is 96.4 Å². The van der Waals surface area contributed by atoms with E-state index in [1.165, 1.54) is 29.5 Å². The first-order valence-corrected chi connectivity index (χ1v) is 14.2. The standard InChI is InChI=1S/C25H23ClF2N2O4S2/c1-25(32)13-2-3-14(25)9-16(8-13)36(33,34)22-12-17(18(11-19(22)26)24-29-6-7-35-24)23(31)30-15-4-5-20(27)21(28)10-15/h4-7,10-14,16,32H,2-3,8-9H2,1H3,(H,30,31)/t13-,14?,16?,25-/m0/s1. The van der Waals surface area contributed by atoms with E-state index >= 15 is 0 Å². The number of nitrogens with one attached hydrogen (secondary N) is 1. The lowest BCUT2D eigenvalue weighted by Gasteiger charge is -2.40. The molecule has 2 unspecified atom stereocenters. The molecule has 5 rings (SSSR count). The molecule has 0 aliphatic heterocycles. The molecule has 2 fully saturated rings. The Hall–Kier alpha value is -2.40. The Balaban J connectivity index is 1.55. The summed E-state index contributed by atoms with van der Waals surface area (Å²) in [5, 5.41) is 14.7. The summed E-state index contributed by atoms with van der Waals surface area (Å²) in [6.45, 7) is 1.77. The SMILES string of the molecule is C[C@@]1(O)C2CC[C@H]1CC(S(=O)(=O)c1cc(C(=O)Nc3ccc(F)c(F)c3)c(-c3nccs3)cc1Cl)C2. The van der Waals surface area contributed by atoms with E-state index in [0.29, 0.717) is 23.4 Å². The van der Waals surface area contributed by atoms with Gasteiger partial charge in [0.15, 0.2) is 21.5 Å². The van der Waals surface area contributed by atoms with E-state index in [1.54, 1.807) is 18.5 Å². The molecule has 0 radical (unpaired) electrons. The van der Waals surface area contributed by atoms with Crippen LogP contribution in [0.2, 0.25) is 5.02 Å². The van der Waals surface area contributed by atoms with Gasteiger partial charge < -0.3 is 10.4 Å². The molecular formula is C25H23ClF2N2O4S2. The number of aliphatic hydroxyl groups is 1. The molecule has 1 amide bonds. The lowest BCUT2D eigenvalue weighted by molar-refractivity contribution is -0.0413. The van der Waals surface area contributed by atoms with Crippen molar-refractivity contribution in [3.8, 4) is 10.6 Å². The van der Waals surface area contributed by atoms with Crippen molar-refractivity contribution in [2.75, 3.05) is 5.32 Å². The van der Waals surface area contributed by atoms with Crippen LogP contribution >= 0.6 is 22.9 Å². The number of sulfone groups is 1. The van der Waals surface area contributed by atoms with Gasteiger partial charge >= 0.3 is 0 Å². The van der Waals surface area contributed by atoms with Gasteiger partial charge in [-0.3, -0.25) is 4.79 Å². The third-order valence-corrected chi connectivity index (χ3v) is 11.0. The summed E-state index contributed by atoms with van der Waals surface area (Å²) in [4.78, 5) is 17.3. The summed E-state index contributed by atoms with van der Waals surface area (Å²) in [7, 11) is -3.95. The molecule has 6 nitrogen and oxygen atoms in total. The maximum absolute atomic E-state index is 13.7. The number of hydrogen-bond acceptors (Lipinski definition) is 6. The smallest absolute Gasteiger partial charge is 0.256 e. The van der Waals surface area contributed by atoms with Crippen LogP contribution in [-0.4, -0.2) is 35.3 Å². The van der Waals surface area contributed by atoms with Gasteiger partial charge in [-0.25, -0.2) is 22.2 Å². The zero-order valence-corrected chi connectivity index (χ0v) is 21.6. The van der Waals surface area contributed by atoms with Gasteiger partial charge in [0.1, 0.15) is 5.01 Å². The molecule has 1 heterocycles. The van der Waals surface area contributed by atoms with Gasteiger partial charge in [-0.1, -0.05) is 11.6 Å². The van der Waals surface area contributed by atoms with Crippen molar-refractivity contribution in [1.29, 1.82) is 0 Å². The fourth-order valence-corrected chi connectivity index (χ4v) is 8.56. The van der Waals surface area contributed by atoms with Crippen LogP contribution in [0.1, 0.15) is 43.0 Å². The van der Waals surface area contributed by atoms with E-state index in [2.05, 4.69) is 10.3 Å². The van der Waals surface area contributed by atoms with E-state index < -0.39 is 38.2 Å². The zero-order chi connectivity index (χ0) is 25.8. The largest absolute Gasteiger partial charge is 0.390 e. The summed E-state index contributed by atoms with van der Waals surface area (Å²) >= 11 is 7.74. The van der Waals surface area contributed by atoms with E-state index in [1.807, 2.05) is 0 Å². The number of aromatic nitrogens is 1. The van der Waals surface area contributed by atoms with Gasteiger partial charge in [-0.05, 0) is 68.7 Å². The third kappa shape index (κ3) is 4.34. The van der Waals surface area contributed by atoms with Crippen LogP contribution in [0.25, 0.3) is 10.6 Å². The van der Waals surface area contributed by atoms with Gasteiger partial charge in [0.2, 0.25) is 0 Å². The monoisotopic (exact) mass is 552 g/mol. The molecule has 2 aliphatic carbocycles. The van der Waals surface area contributed by atoms with E-state index in [-0.39, 0.29) is 33.0 Å². The Morgan fingerprint density at radius 1 is 1.17 bits per heavy atom. The first kappa shape index (κ1) is 25.3. The molecule has 190 valence electrons. The number of rotatable bonds is 5. The van der Waals surface area contributed by atoms with Crippen LogP contribution in [0.4, 0.5) is 14.5 Å². The summed E-state index contributed by atoms with van der Waals surface area (Å²) in [6, 6.07) is 5.57. The number of carbonyl (C=O) groups is 1. The highest BCUT2D eigenvalue weighted by Gasteiger charge is 2.53. The molecule has 2 saturated carbocycles. The van der Waals surface area contributed by atoms with Crippen molar-refractivity contribution < 1.29 is 27.1 Å². The number of thiazole rings is 1. The minimum atomic E-state index is -3.95. The number of nitrogens with zero attached hydrogens (tertiary/aromatic N) is 1. The van der Waals surface area contributed by atoms with Gasteiger partial charge in [0.05, 0.1) is 26.3 Å². The summed E-state index contributed by atoms with van der Waals surface area (Å²) in [5.41, 5.74) is -0.571. The lowest BCUT2D eigenvalue weighted by Crippen LogP contribution is -2.45. The van der Waals surface area contributed by atoms with Crippen molar-refractivity contribution in [2.45, 2.75) is 48.4 Å². The van der Waals surface area contributed by atoms with Crippen LogP contribution < -0.4 is 5.32 Å². The Labute approximate surface area is 216 Å². The molecular weight excluding hydrogens is 530 g/mol. The van der Waals surface area contributed by atoms with Gasteiger partial charge in [-0.15, -0.1) is 11.3 Å². The zero-order valence-electron chi connectivity index (χ0n) is 19.2. The Morgan fingerprint density at radius 2 is 1.86 bits per heavy atom. The van der Waals surface area contributed by atoms with Crippen molar-refractivity contribution in [2.24, 2.45) is 11.8 Å². The van der Waals surface area contributed by atoms with Crippen LogP contribution in [-0.2, 0) is 9.84 Å². The van der Waals surface area contributed by atoms with Gasteiger partial charge in [0.25, 0.3) is 5.91 Å². The molecule has 1 aromatic heterocycles. The molecule has 3 aromatic rings. The maximum Gasteiger partial charge on any atom is 0.256 e. The fourth-order valence-electron chi connectivity index (χ4n) is 5.46. The third-order valence-electron chi connectivity index (χ3n) is 7.51. The molecule has 36 heavy (non-hydrogen) atoms. The highest BCUT2D eigenvalue weighted by molar-refractivity contribution is 7.92. The number of anilines is 1. The molecule has 2 aromatic carbocycles. The molecule has 2 aliphatic rings. The second-order valence-electron chi connectivity index (χ2n) is 9.58. The Kier molecular flexibility index (Phi) is 6.43. The van der Waals surface area contributed by atoms with Crippen LogP contribution in [0.3, 0.4) is 0 Å².